The van der Waals surface area contributed by atoms with E-state index in [9.17, 15) is 14.4 Å². The normalized spacial score (nSPS) is 14.9. The number of hydrogen-bond donors (Lipinski definition) is 2. The van der Waals surface area contributed by atoms with Crippen LogP contribution in [0.3, 0.4) is 0 Å². The fraction of sp³-hybridized carbons (Fsp3) is 0.464. The average molecular weight is 480 g/mol. The molecule has 0 bridgehead atoms. The van der Waals surface area contributed by atoms with Crippen molar-refractivity contribution in [3.63, 3.8) is 0 Å². The summed E-state index contributed by atoms with van der Waals surface area (Å²) >= 11 is 0. The Bertz CT molecular complexity index is 967. The van der Waals surface area contributed by atoms with E-state index >= 15 is 0 Å². The molecule has 0 saturated carbocycles. The van der Waals surface area contributed by atoms with Crippen LogP contribution in [0.15, 0.2) is 54.6 Å². The van der Waals surface area contributed by atoms with Crippen LogP contribution in [0.2, 0.25) is 0 Å². The van der Waals surface area contributed by atoms with E-state index in [1.807, 2.05) is 49.1 Å². The minimum Gasteiger partial charge on any atom is -0.497 e. The quantitative estimate of drug-likeness (QED) is 0.547. The number of rotatable bonds is 10. The molecule has 0 unspecified atom stereocenters. The van der Waals surface area contributed by atoms with Gasteiger partial charge in [0, 0.05) is 31.6 Å². The number of nitrogens with one attached hydrogen (secondary N) is 2. The van der Waals surface area contributed by atoms with Gasteiger partial charge in [-0.05, 0) is 60.9 Å². The van der Waals surface area contributed by atoms with Gasteiger partial charge in [-0.2, -0.15) is 0 Å². The molecule has 2 N–H and O–H groups in total. The Kier molecular flexibility index (Phi) is 9.70. The van der Waals surface area contributed by atoms with Crippen molar-refractivity contribution >= 4 is 17.7 Å². The summed E-state index contributed by atoms with van der Waals surface area (Å²) < 4.78 is 5.16. The van der Waals surface area contributed by atoms with Gasteiger partial charge >= 0.3 is 0 Å². The number of carbonyl (C=O) groups excluding carboxylic acids is 3. The first-order valence-corrected chi connectivity index (χ1v) is 12.4. The Morgan fingerprint density at radius 1 is 1.00 bits per heavy atom. The highest BCUT2D eigenvalue weighted by molar-refractivity contribution is 5.97. The van der Waals surface area contributed by atoms with Gasteiger partial charge in [-0.1, -0.05) is 44.2 Å². The molecule has 1 fully saturated rings. The summed E-state index contributed by atoms with van der Waals surface area (Å²) in [6, 6.07) is 16.2. The Balaban J connectivity index is 1.60. The number of carbonyl (C=O) groups is 3. The number of hydrogen-bond acceptors (Lipinski definition) is 4. The van der Waals surface area contributed by atoms with E-state index in [0.29, 0.717) is 56.1 Å². The number of methoxy groups -OCH3 is 1. The van der Waals surface area contributed by atoms with Crippen LogP contribution in [0.5, 0.6) is 5.75 Å². The van der Waals surface area contributed by atoms with Crippen molar-refractivity contribution in [2.75, 3.05) is 26.7 Å². The molecule has 3 amide bonds. The third kappa shape index (κ3) is 7.84. The molecule has 0 aromatic heterocycles. The molecule has 2 aromatic carbocycles. The monoisotopic (exact) mass is 479 g/mol. The molecule has 7 nitrogen and oxygen atoms in total. The first-order chi connectivity index (χ1) is 16.9. The zero-order chi connectivity index (χ0) is 25.2. The van der Waals surface area contributed by atoms with Gasteiger partial charge in [-0.15, -0.1) is 0 Å². The zero-order valence-electron chi connectivity index (χ0n) is 21.0. The molecule has 0 aliphatic carbocycles. The third-order valence-electron chi connectivity index (χ3n) is 6.44. The number of likely N-dealkylation sites (tertiary alicyclic amines) is 1. The van der Waals surface area contributed by atoms with Crippen molar-refractivity contribution in [2.24, 2.45) is 11.8 Å². The molecule has 2 aromatic rings. The van der Waals surface area contributed by atoms with E-state index in [1.54, 1.807) is 31.4 Å². The Labute approximate surface area is 208 Å². The summed E-state index contributed by atoms with van der Waals surface area (Å²) in [6.07, 6.45) is 2.53. The summed E-state index contributed by atoms with van der Waals surface area (Å²) in [5, 5.41) is 5.93. The topological polar surface area (TPSA) is 87.7 Å². The summed E-state index contributed by atoms with van der Waals surface area (Å²) in [4.78, 5) is 40.6. The van der Waals surface area contributed by atoms with Crippen LogP contribution in [-0.2, 0) is 16.0 Å². The van der Waals surface area contributed by atoms with Gasteiger partial charge in [0.1, 0.15) is 11.8 Å². The van der Waals surface area contributed by atoms with E-state index in [-0.39, 0.29) is 23.6 Å². The van der Waals surface area contributed by atoms with Crippen LogP contribution in [0.4, 0.5) is 0 Å². The van der Waals surface area contributed by atoms with Gasteiger partial charge in [0.15, 0.2) is 0 Å². The lowest BCUT2D eigenvalue weighted by molar-refractivity contribution is -0.133. The van der Waals surface area contributed by atoms with E-state index in [1.165, 1.54) is 0 Å². The van der Waals surface area contributed by atoms with Crippen molar-refractivity contribution in [1.29, 1.82) is 0 Å². The van der Waals surface area contributed by atoms with Crippen molar-refractivity contribution in [1.82, 2.24) is 15.5 Å². The minimum absolute atomic E-state index is 0.0393. The lowest BCUT2D eigenvalue weighted by atomic mass is 9.88. The molecule has 1 atom stereocenters. The molecular formula is C28H37N3O4. The molecule has 1 aliphatic heterocycles. The highest BCUT2D eigenvalue weighted by Gasteiger charge is 2.34. The highest BCUT2D eigenvalue weighted by Crippen LogP contribution is 2.23. The Morgan fingerprint density at radius 2 is 1.66 bits per heavy atom. The van der Waals surface area contributed by atoms with Crippen LogP contribution in [0, 0.1) is 11.8 Å². The largest absolute Gasteiger partial charge is 0.497 e. The molecule has 7 heteroatoms. The van der Waals surface area contributed by atoms with Gasteiger partial charge in [0.05, 0.1) is 7.11 Å². The maximum atomic E-state index is 13.1. The fourth-order valence-electron chi connectivity index (χ4n) is 4.32. The molecule has 1 saturated heterocycles. The van der Waals surface area contributed by atoms with Gasteiger partial charge in [0.2, 0.25) is 11.8 Å². The highest BCUT2D eigenvalue weighted by atomic mass is 16.5. The van der Waals surface area contributed by atoms with E-state index in [4.69, 9.17) is 4.74 Å². The summed E-state index contributed by atoms with van der Waals surface area (Å²) in [5.74, 6) is 0.601. The van der Waals surface area contributed by atoms with Crippen LogP contribution in [0.25, 0.3) is 0 Å². The Hall–Kier alpha value is -3.35. The van der Waals surface area contributed by atoms with Crippen molar-refractivity contribution < 1.29 is 19.1 Å². The van der Waals surface area contributed by atoms with Crippen molar-refractivity contribution in [3.05, 3.63) is 65.7 Å². The van der Waals surface area contributed by atoms with Gasteiger partial charge in [-0.25, -0.2) is 0 Å². The van der Waals surface area contributed by atoms with Crippen LogP contribution in [0.1, 0.15) is 49.0 Å². The Morgan fingerprint density at radius 3 is 2.26 bits per heavy atom. The predicted octanol–water partition coefficient (Wildman–Crippen LogP) is 3.44. The molecule has 35 heavy (non-hydrogen) atoms. The molecular weight excluding hydrogens is 442 g/mol. The third-order valence-corrected chi connectivity index (χ3v) is 6.44. The van der Waals surface area contributed by atoms with Gasteiger partial charge < -0.3 is 20.3 Å². The van der Waals surface area contributed by atoms with Crippen LogP contribution >= 0.6 is 0 Å². The number of nitrogens with zero attached hydrogens (tertiary/aromatic N) is 1. The smallest absolute Gasteiger partial charge is 0.251 e. The fourth-order valence-corrected chi connectivity index (χ4v) is 4.32. The average Bonchev–Trinajstić information content (AvgIpc) is 2.89. The molecule has 3 rings (SSSR count). The number of ether oxygens (including phenoxy) is 1. The molecule has 1 aliphatic rings. The van der Waals surface area contributed by atoms with Crippen molar-refractivity contribution in [3.8, 4) is 5.75 Å². The first kappa shape index (κ1) is 26.3. The van der Waals surface area contributed by atoms with Crippen molar-refractivity contribution in [2.45, 2.75) is 45.6 Å². The molecule has 0 radical (unpaired) electrons. The van der Waals surface area contributed by atoms with Gasteiger partial charge in [-0.3, -0.25) is 14.4 Å². The number of amides is 3. The predicted molar refractivity (Wildman–Crippen MR) is 136 cm³/mol. The maximum Gasteiger partial charge on any atom is 0.251 e. The number of aryl methyl sites for hydroxylation is 1. The second-order valence-corrected chi connectivity index (χ2v) is 9.52. The first-order valence-electron chi connectivity index (χ1n) is 12.4. The van der Waals surface area contributed by atoms with Gasteiger partial charge in [0.25, 0.3) is 5.91 Å². The molecule has 188 valence electrons. The van der Waals surface area contributed by atoms with E-state index in [0.717, 1.165) is 12.0 Å². The van der Waals surface area contributed by atoms with Crippen LogP contribution < -0.4 is 15.4 Å². The number of benzene rings is 2. The second-order valence-electron chi connectivity index (χ2n) is 9.52. The standard InChI is InChI=1S/C28H37N3O4/c1-20(2)19-29-28(34)26(30-27(33)23-10-12-24(35-3)13-11-23)22-15-17-31(18-16-22)25(32)14-9-21-7-5-4-6-8-21/h4-8,10-13,20,22,26H,9,14-19H2,1-3H3,(H,29,34)(H,30,33)/t26-/m1/s1. The summed E-state index contributed by atoms with van der Waals surface area (Å²) in [7, 11) is 1.57. The summed E-state index contributed by atoms with van der Waals surface area (Å²) in [5.41, 5.74) is 1.62. The van der Waals surface area contributed by atoms with E-state index in [2.05, 4.69) is 10.6 Å². The van der Waals surface area contributed by atoms with Crippen LogP contribution in [-0.4, -0.2) is 55.4 Å². The molecule has 1 heterocycles. The second kappa shape index (κ2) is 12.9. The van der Waals surface area contributed by atoms with E-state index < -0.39 is 6.04 Å². The SMILES string of the molecule is COc1ccc(C(=O)N[C@@H](C(=O)NCC(C)C)C2CCN(C(=O)CCc3ccccc3)CC2)cc1. The number of piperidine rings is 1. The summed E-state index contributed by atoms with van der Waals surface area (Å²) in [6.45, 7) is 5.79. The lowest BCUT2D eigenvalue weighted by Crippen LogP contribution is -2.54. The zero-order valence-corrected chi connectivity index (χ0v) is 21.0. The lowest BCUT2D eigenvalue weighted by Gasteiger charge is -2.36. The molecule has 0 spiro atoms. The maximum absolute atomic E-state index is 13.1. The minimum atomic E-state index is -0.648.